The van der Waals surface area contributed by atoms with Gasteiger partial charge < -0.3 is 5.73 Å². The summed E-state index contributed by atoms with van der Waals surface area (Å²) in [7, 11) is 0. The molecule has 0 aliphatic heterocycles. The van der Waals surface area contributed by atoms with E-state index in [1.807, 2.05) is 42.7 Å². The lowest BCUT2D eigenvalue weighted by molar-refractivity contribution is 0.315. The molecule has 2 aromatic rings. The molecule has 1 unspecified atom stereocenters. The van der Waals surface area contributed by atoms with Gasteiger partial charge in [-0.3, -0.25) is 0 Å². The molecule has 18 heavy (non-hydrogen) atoms. The molecule has 0 aliphatic rings. The van der Waals surface area contributed by atoms with Gasteiger partial charge in [0.25, 0.3) is 0 Å². The third-order valence-electron chi connectivity index (χ3n) is 2.99. The third kappa shape index (κ3) is 2.74. The summed E-state index contributed by atoms with van der Waals surface area (Å²) in [6.45, 7) is 6.27. The second-order valence-corrected chi connectivity index (χ2v) is 5.54. The normalized spacial score (nSPS) is 13.3. The molecule has 1 atom stereocenters. The molecule has 1 heterocycles. The molecule has 0 radical (unpaired) electrons. The zero-order chi connectivity index (χ0) is 13.2. The van der Waals surface area contributed by atoms with Crippen LogP contribution < -0.4 is 5.73 Å². The van der Waals surface area contributed by atoms with Crippen molar-refractivity contribution in [2.45, 2.75) is 26.8 Å². The number of hydrogen-bond acceptors (Lipinski definition) is 3. The van der Waals surface area contributed by atoms with Crippen LogP contribution in [0.25, 0.3) is 11.1 Å². The minimum absolute atomic E-state index is 0.0335. The molecule has 0 aliphatic carbocycles. The monoisotopic (exact) mass is 241 g/mol. The second-order valence-electron chi connectivity index (χ2n) is 5.54. The smallest absolute Gasteiger partial charge is 0.145 e. The molecule has 0 fully saturated rings. The van der Waals surface area contributed by atoms with Gasteiger partial charge in [0, 0.05) is 18.0 Å². The summed E-state index contributed by atoms with van der Waals surface area (Å²) >= 11 is 0. The first-order chi connectivity index (χ1) is 8.48. The highest BCUT2D eigenvalue weighted by Gasteiger charge is 2.24. The first-order valence-corrected chi connectivity index (χ1v) is 6.11. The van der Waals surface area contributed by atoms with Crippen LogP contribution in [0.15, 0.2) is 42.7 Å². The van der Waals surface area contributed by atoms with Gasteiger partial charge in [0.1, 0.15) is 5.82 Å². The summed E-state index contributed by atoms with van der Waals surface area (Å²) < 4.78 is 0. The van der Waals surface area contributed by atoms with Crippen molar-refractivity contribution in [3.05, 3.63) is 48.5 Å². The fourth-order valence-electron chi connectivity index (χ4n) is 1.67. The average Bonchev–Trinajstić information content (AvgIpc) is 2.38. The molecule has 1 aromatic heterocycles. The van der Waals surface area contributed by atoms with Gasteiger partial charge in [-0.25, -0.2) is 9.97 Å². The molecule has 1 aromatic carbocycles. The minimum atomic E-state index is -0.151. The highest BCUT2D eigenvalue weighted by atomic mass is 14.9. The van der Waals surface area contributed by atoms with Crippen molar-refractivity contribution in [1.82, 2.24) is 9.97 Å². The summed E-state index contributed by atoms with van der Waals surface area (Å²) in [4.78, 5) is 8.77. The van der Waals surface area contributed by atoms with Crippen LogP contribution in [-0.2, 0) is 0 Å². The van der Waals surface area contributed by atoms with Gasteiger partial charge in [-0.2, -0.15) is 0 Å². The summed E-state index contributed by atoms with van der Waals surface area (Å²) in [6.07, 6.45) is 3.67. The van der Waals surface area contributed by atoms with Gasteiger partial charge >= 0.3 is 0 Å². The third-order valence-corrected chi connectivity index (χ3v) is 2.99. The number of rotatable bonds is 2. The summed E-state index contributed by atoms with van der Waals surface area (Å²) in [5.74, 6) is 0.696. The van der Waals surface area contributed by atoms with E-state index in [4.69, 9.17) is 5.73 Å². The van der Waals surface area contributed by atoms with Gasteiger partial charge in [0.05, 0.1) is 6.04 Å². The molecule has 0 saturated carbocycles. The maximum absolute atomic E-state index is 6.14. The zero-order valence-corrected chi connectivity index (χ0v) is 11.1. The molecule has 0 bridgehead atoms. The number of aromatic nitrogens is 2. The van der Waals surface area contributed by atoms with Crippen molar-refractivity contribution in [1.29, 1.82) is 0 Å². The Morgan fingerprint density at radius 3 is 2.00 bits per heavy atom. The summed E-state index contributed by atoms with van der Waals surface area (Å²) in [5.41, 5.74) is 8.24. The van der Waals surface area contributed by atoms with Crippen molar-refractivity contribution in [3.63, 3.8) is 0 Å². The molecule has 2 N–H and O–H groups in total. The van der Waals surface area contributed by atoms with Crippen LogP contribution in [-0.4, -0.2) is 9.97 Å². The van der Waals surface area contributed by atoms with E-state index in [0.29, 0.717) is 5.82 Å². The van der Waals surface area contributed by atoms with Gasteiger partial charge in [-0.05, 0) is 11.0 Å². The van der Waals surface area contributed by atoms with Crippen LogP contribution in [0.3, 0.4) is 0 Å². The van der Waals surface area contributed by atoms with E-state index in [1.165, 1.54) is 0 Å². The van der Waals surface area contributed by atoms with Crippen LogP contribution in [0.5, 0.6) is 0 Å². The summed E-state index contributed by atoms with van der Waals surface area (Å²) in [6, 6.07) is 9.94. The Morgan fingerprint density at radius 2 is 1.50 bits per heavy atom. The molecule has 0 amide bonds. The lowest BCUT2D eigenvalue weighted by Gasteiger charge is -2.25. The Hall–Kier alpha value is -1.74. The maximum Gasteiger partial charge on any atom is 0.145 e. The Balaban J connectivity index is 2.26. The SMILES string of the molecule is CC(C)(C)C(N)c1ncc(-c2ccccc2)cn1. The molecule has 3 nitrogen and oxygen atoms in total. The first kappa shape index (κ1) is 12.7. The Labute approximate surface area is 108 Å². The molecule has 94 valence electrons. The zero-order valence-electron chi connectivity index (χ0n) is 11.1. The molecule has 0 spiro atoms. The fraction of sp³-hybridized carbons (Fsp3) is 0.333. The van der Waals surface area contributed by atoms with Crippen LogP contribution in [0, 0.1) is 5.41 Å². The van der Waals surface area contributed by atoms with Crippen LogP contribution in [0.1, 0.15) is 32.6 Å². The largest absolute Gasteiger partial charge is 0.321 e. The van der Waals surface area contributed by atoms with E-state index < -0.39 is 0 Å². The van der Waals surface area contributed by atoms with Crippen molar-refractivity contribution in [3.8, 4) is 11.1 Å². The number of nitrogens with zero attached hydrogens (tertiary/aromatic N) is 2. The van der Waals surface area contributed by atoms with Gasteiger partial charge in [-0.15, -0.1) is 0 Å². The standard InChI is InChI=1S/C15H19N3/c1-15(2,3)13(16)14-17-9-12(10-18-14)11-7-5-4-6-8-11/h4-10,13H,16H2,1-3H3. The maximum atomic E-state index is 6.14. The molecular formula is C15H19N3. The van der Waals surface area contributed by atoms with E-state index >= 15 is 0 Å². The number of benzene rings is 1. The van der Waals surface area contributed by atoms with E-state index in [-0.39, 0.29) is 11.5 Å². The minimum Gasteiger partial charge on any atom is -0.321 e. The van der Waals surface area contributed by atoms with Crippen molar-refractivity contribution in [2.24, 2.45) is 11.1 Å². The van der Waals surface area contributed by atoms with Crippen LogP contribution >= 0.6 is 0 Å². The van der Waals surface area contributed by atoms with Crippen molar-refractivity contribution in [2.75, 3.05) is 0 Å². The van der Waals surface area contributed by atoms with Gasteiger partial charge in [-0.1, -0.05) is 51.1 Å². The van der Waals surface area contributed by atoms with E-state index in [0.717, 1.165) is 11.1 Å². The first-order valence-electron chi connectivity index (χ1n) is 6.11. The second kappa shape index (κ2) is 4.86. The average molecular weight is 241 g/mol. The molecule has 0 saturated heterocycles. The number of hydrogen-bond donors (Lipinski definition) is 1. The predicted octanol–water partition coefficient (Wildman–Crippen LogP) is 3.19. The van der Waals surface area contributed by atoms with Crippen LogP contribution in [0.4, 0.5) is 0 Å². The van der Waals surface area contributed by atoms with E-state index in [9.17, 15) is 0 Å². The Bertz CT molecular complexity index is 498. The van der Waals surface area contributed by atoms with Crippen LogP contribution in [0.2, 0.25) is 0 Å². The van der Waals surface area contributed by atoms with E-state index in [2.05, 4.69) is 30.7 Å². The highest BCUT2D eigenvalue weighted by molar-refractivity contribution is 5.60. The molecular weight excluding hydrogens is 222 g/mol. The molecule has 2 rings (SSSR count). The topological polar surface area (TPSA) is 51.8 Å². The van der Waals surface area contributed by atoms with Gasteiger partial charge in [0.2, 0.25) is 0 Å². The van der Waals surface area contributed by atoms with E-state index in [1.54, 1.807) is 0 Å². The van der Waals surface area contributed by atoms with Gasteiger partial charge in [0.15, 0.2) is 0 Å². The number of nitrogens with two attached hydrogens (primary N) is 1. The lowest BCUT2D eigenvalue weighted by Crippen LogP contribution is -2.28. The predicted molar refractivity (Wildman–Crippen MR) is 73.9 cm³/mol. The Morgan fingerprint density at radius 1 is 0.944 bits per heavy atom. The highest BCUT2D eigenvalue weighted by Crippen LogP contribution is 2.28. The lowest BCUT2D eigenvalue weighted by atomic mass is 9.87. The Kier molecular flexibility index (Phi) is 3.43. The van der Waals surface area contributed by atoms with Crippen molar-refractivity contribution >= 4 is 0 Å². The summed E-state index contributed by atoms with van der Waals surface area (Å²) in [5, 5.41) is 0. The molecule has 3 heteroatoms. The quantitative estimate of drug-likeness (QED) is 0.878. The van der Waals surface area contributed by atoms with Crippen molar-refractivity contribution < 1.29 is 0 Å². The fourth-order valence-corrected chi connectivity index (χ4v) is 1.67.